The van der Waals surface area contributed by atoms with Gasteiger partial charge in [0, 0.05) is 22.3 Å². The van der Waals surface area contributed by atoms with E-state index < -0.39 is 0 Å². The molecule has 2 aromatic carbocycles. The predicted molar refractivity (Wildman–Crippen MR) is 266 cm³/mol. The van der Waals surface area contributed by atoms with Crippen molar-refractivity contribution in [2.75, 3.05) is 0 Å². The van der Waals surface area contributed by atoms with Gasteiger partial charge in [0.2, 0.25) is 11.4 Å². The minimum Gasteiger partial charge on any atom is -0.493 e. The van der Waals surface area contributed by atoms with Crippen LogP contribution >= 0.6 is 0 Å². The molecule has 1 heterocycles. The molecule has 0 atom stereocenters. The van der Waals surface area contributed by atoms with Crippen molar-refractivity contribution in [3.05, 3.63) is 101 Å². The molecule has 60 heavy (non-hydrogen) atoms. The van der Waals surface area contributed by atoms with Crippen LogP contribution in [0.1, 0.15) is 263 Å². The number of nitrogens with zero attached hydrogens (tertiary/aromatic N) is 2. The van der Waals surface area contributed by atoms with Crippen LogP contribution in [0.3, 0.4) is 0 Å². The Morgan fingerprint density at radius 2 is 0.733 bits per heavy atom. The monoisotopic (exact) mass is 867 g/mol. The van der Waals surface area contributed by atoms with E-state index in [1.165, 1.54) is 183 Å². The third kappa shape index (κ3) is 25.8. The van der Waals surface area contributed by atoms with Gasteiger partial charge >= 0.3 is 16.5 Å². The van der Waals surface area contributed by atoms with E-state index in [9.17, 15) is 5.53 Å². The van der Waals surface area contributed by atoms with E-state index in [0.717, 1.165) is 73.9 Å². The van der Waals surface area contributed by atoms with Crippen LogP contribution in [0.15, 0.2) is 59.7 Å². The summed E-state index contributed by atoms with van der Waals surface area (Å²) in [6.45, 7) is 21.2. The second-order valence-electron chi connectivity index (χ2n) is 17.5. The smallest absolute Gasteiger partial charge is 0.493 e. The van der Waals surface area contributed by atoms with Crippen LogP contribution in [0.25, 0.3) is 16.9 Å². The van der Waals surface area contributed by atoms with Gasteiger partial charge in [-0.05, 0) is 80.3 Å². The number of aryl methyl sites for hydroxylation is 2. The Balaban J connectivity index is 0.00000124. The summed E-state index contributed by atoms with van der Waals surface area (Å²) in [7, 11) is 0. The number of allylic oxidation sites excluding steroid dienone is 2. The third-order valence-corrected chi connectivity index (χ3v) is 12.0. The molecule has 0 unspecified atom stereocenters. The molecule has 0 spiro atoms. The van der Waals surface area contributed by atoms with Crippen molar-refractivity contribution >= 4 is 11.4 Å². The number of hydrogen-bond acceptors (Lipinski definition) is 0. The molecule has 0 aliphatic carbocycles. The minimum atomic E-state index is 0. The number of hydrogen-bond donors (Lipinski definition) is 0. The zero-order chi connectivity index (χ0) is 43.2. The van der Waals surface area contributed by atoms with Crippen LogP contribution in [0.2, 0.25) is 0 Å². The van der Waals surface area contributed by atoms with Gasteiger partial charge in [-0.25, -0.2) is 4.70 Å². The van der Waals surface area contributed by atoms with Gasteiger partial charge in [-0.1, -0.05) is 220 Å². The van der Waals surface area contributed by atoms with Crippen LogP contribution < -0.4 is 0 Å². The Morgan fingerprint density at radius 3 is 1.13 bits per heavy atom. The molecule has 2 aromatic rings. The molecule has 0 fully saturated rings. The molecule has 1 aliphatic rings. The van der Waals surface area contributed by atoms with E-state index in [2.05, 4.69) is 104 Å². The molecule has 344 valence electrons. The second-order valence-corrected chi connectivity index (χ2v) is 17.5. The maximum atomic E-state index is 11.8. The SMILES string of the molecule is CCCCCCCCCC1=C(c2cccc(CCCC)c2)[N+](=[N-])C(c2cccc(CC)c2)=C1CCCC.[CH2-]CCCCCCCCCC.[CH2-]CCCCCCCCCC.[Ni+2]. The van der Waals surface area contributed by atoms with Crippen LogP contribution in [-0.4, -0.2) is 4.70 Å². The van der Waals surface area contributed by atoms with E-state index in [0.29, 0.717) is 0 Å². The molecule has 0 amide bonds. The van der Waals surface area contributed by atoms with E-state index in [-0.39, 0.29) is 16.5 Å². The zero-order valence-electron chi connectivity index (χ0n) is 40.6. The summed E-state index contributed by atoms with van der Waals surface area (Å²) in [6, 6.07) is 17.7. The van der Waals surface area contributed by atoms with Gasteiger partial charge in [0.1, 0.15) is 0 Å². The molecule has 0 saturated carbocycles. The predicted octanol–water partition coefficient (Wildman–Crippen LogP) is 19.8. The summed E-state index contributed by atoms with van der Waals surface area (Å²) in [6.07, 6.45) is 42.8. The van der Waals surface area contributed by atoms with Crippen molar-refractivity contribution in [1.29, 1.82) is 0 Å². The van der Waals surface area contributed by atoms with Crippen molar-refractivity contribution in [3.63, 3.8) is 0 Å². The molecule has 3 rings (SSSR count). The first kappa shape index (κ1) is 58.0. The fourth-order valence-corrected chi connectivity index (χ4v) is 8.21. The van der Waals surface area contributed by atoms with Crippen molar-refractivity contribution in [2.24, 2.45) is 0 Å². The van der Waals surface area contributed by atoms with Gasteiger partial charge in [-0.2, -0.15) is 12.8 Å². The van der Waals surface area contributed by atoms with Gasteiger partial charge in [-0.3, -0.25) is 0 Å². The molecule has 3 heteroatoms. The summed E-state index contributed by atoms with van der Waals surface area (Å²) >= 11 is 0. The van der Waals surface area contributed by atoms with Gasteiger partial charge in [-0.15, -0.1) is 0 Å². The molecular formula is C57H96N2Ni. The summed E-state index contributed by atoms with van der Waals surface area (Å²) < 4.78 is 1.55. The average Bonchev–Trinajstić information content (AvgIpc) is 3.54. The van der Waals surface area contributed by atoms with Crippen molar-refractivity contribution in [3.8, 4) is 0 Å². The van der Waals surface area contributed by atoms with Crippen LogP contribution in [-0.2, 0) is 29.3 Å². The molecule has 0 bridgehead atoms. The van der Waals surface area contributed by atoms with Gasteiger partial charge in [0.05, 0.1) is 0 Å². The third-order valence-electron chi connectivity index (χ3n) is 12.0. The Morgan fingerprint density at radius 1 is 0.400 bits per heavy atom. The summed E-state index contributed by atoms with van der Waals surface area (Å²) in [4.78, 5) is 0. The van der Waals surface area contributed by atoms with Gasteiger partial charge < -0.3 is 19.4 Å². The Hall–Kier alpha value is -1.99. The van der Waals surface area contributed by atoms with Crippen LogP contribution in [0.5, 0.6) is 0 Å². The summed E-state index contributed by atoms with van der Waals surface area (Å²) in [5.74, 6) is 0. The molecule has 1 aliphatic heterocycles. The Bertz CT molecular complexity index is 1340. The first-order chi connectivity index (χ1) is 29.0. The summed E-state index contributed by atoms with van der Waals surface area (Å²) in [5, 5.41) is 0. The van der Waals surface area contributed by atoms with Crippen molar-refractivity contribution in [1.82, 2.24) is 0 Å². The van der Waals surface area contributed by atoms with Gasteiger partial charge in [0.25, 0.3) is 0 Å². The Kier molecular flexibility index (Phi) is 39.7. The number of unbranched alkanes of at least 4 members (excludes halogenated alkanes) is 24. The van der Waals surface area contributed by atoms with E-state index >= 15 is 0 Å². The maximum absolute atomic E-state index is 11.8. The first-order valence-corrected chi connectivity index (χ1v) is 25.7. The molecule has 2 nitrogen and oxygen atoms in total. The topological polar surface area (TPSA) is 25.3 Å². The summed E-state index contributed by atoms with van der Waals surface area (Å²) in [5.41, 5.74) is 21.6. The van der Waals surface area contributed by atoms with E-state index in [1.54, 1.807) is 4.70 Å². The fraction of sp³-hybridized carbons (Fsp3) is 0.684. The maximum Gasteiger partial charge on any atom is 2.00 e. The number of rotatable bonds is 33. The first-order valence-electron chi connectivity index (χ1n) is 25.7. The van der Waals surface area contributed by atoms with Gasteiger partial charge in [0.15, 0.2) is 0 Å². The average molecular weight is 868 g/mol. The van der Waals surface area contributed by atoms with Crippen molar-refractivity contribution in [2.45, 2.75) is 253 Å². The normalized spacial score (nSPS) is 12.3. The second kappa shape index (κ2) is 41.0. The zero-order valence-corrected chi connectivity index (χ0v) is 41.6. The van der Waals surface area contributed by atoms with Crippen molar-refractivity contribution < 1.29 is 21.2 Å². The van der Waals surface area contributed by atoms with E-state index in [1.807, 2.05) is 0 Å². The van der Waals surface area contributed by atoms with Crippen LogP contribution in [0.4, 0.5) is 0 Å². The standard InChI is InChI=1S/C35H50N2.2C11H23.Ni/c1-5-9-12-13-14-15-16-25-33-32(24-11-7-3)34(30-22-17-20-28(8-4)26-30)37(36)35(33)31-23-18-21-29(27-31)19-10-6-2;2*1-3-5-7-9-11-10-8-6-4-2;/h17-18,20-23,26-27H,5-16,19,24-25H2,1-4H3;2*1,3-11H2,2H3;/q;2*-1;+2. The fourth-order valence-electron chi connectivity index (χ4n) is 8.21. The van der Waals surface area contributed by atoms with Crippen LogP contribution in [0, 0.1) is 13.8 Å². The molecule has 0 saturated heterocycles. The molecular weight excluding hydrogens is 771 g/mol. The van der Waals surface area contributed by atoms with E-state index in [4.69, 9.17) is 0 Å². The number of benzene rings is 2. The quantitative estimate of drug-likeness (QED) is 0.0296. The largest absolute Gasteiger partial charge is 2.00 e. The molecule has 0 N–H and O–H groups in total. The molecule has 0 aromatic heterocycles. The minimum absolute atomic E-state index is 0. The molecule has 0 radical (unpaired) electrons. The Labute approximate surface area is 385 Å².